The molecule has 0 saturated carbocycles. The molecule has 1 heterocycles. The zero-order chi connectivity index (χ0) is 23.3. The van der Waals surface area contributed by atoms with E-state index in [1.54, 1.807) is 18.2 Å². The van der Waals surface area contributed by atoms with Gasteiger partial charge in [-0.2, -0.15) is 0 Å². The maximum Gasteiger partial charge on any atom is 0.241 e. The lowest BCUT2D eigenvalue weighted by Gasteiger charge is -2.29. The fourth-order valence-electron chi connectivity index (χ4n) is 3.91. The van der Waals surface area contributed by atoms with Crippen LogP contribution >= 0.6 is 0 Å². The number of piperidine rings is 1. The predicted molar refractivity (Wildman–Crippen MR) is 128 cm³/mol. The molecule has 7 nitrogen and oxygen atoms in total. The van der Waals surface area contributed by atoms with E-state index in [1.807, 2.05) is 19.1 Å². The van der Waals surface area contributed by atoms with Crippen LogP contribution in [0.5, 0.6) is 0 Å². The summed E-state index contributed by atoms with van der Waals surface area (Å²) < 4.78 is 25.7. The van der Waals surface area contributed by atoms with Gasteiger partial charge in [0.25, 0.3) is 0 Å². The molecule has 1 aliphatic rings. The fourth-order valence-corrected chi connectivity index (χ4v) is 4.76. The molecule has 1 N–H and O–H groups in total. The lowest BCUT2D eigenvalue weighted by molar-refractivity contribution is -0.120. The Morgan fingerprint density at radius 3 is 2.31 bits per heavy atom. The summed E-state index contributed by atoms with van der Waals surface area (Å²) in [5.41, 5.74) is 2.80. The van der Waals surface area contributed by atoms with Gasteiger partial charge in [0.1, 0.15) is 6.54 Å². The van der Waals surface area contributed by atoms with Crippen molar-refractivity contribution in [3.8, 4) is 0 Å². The van der Waals surface area contributed by atoms with E-state index in [0.29, 0.717) is 5.56 Å². The molecule has 1 aliphatic heterocycles. The van der Waals surface area contributed by atoms with Crippen LogP contribution in [0, 0.1) is 0 Å². The minimum absolute atomic E-state index is 0.175. The zero-order valence-corrected chi connectivity index (χ0v) is 19.7. The number of anilines is 2. The number of hydrogen-bond acceptors (Lipinski definition) is 5. The number of Topliss-reactive ketones (excluding diaryl/α,β-unsaturated/α-hetero) is 1. The van der Waals surface area contributed by atoms with E-state index in [-0.39, 0.29) is 24.1 Å². The summed E-state index contributed by atoms with van der Waals surface area (Å²) in [6.07, 6.45) is 4.74. The van der Waals surface area contributed by atoms with Gasteiger partial charge in [-0.15, -0.1) is 0 Å². The highest BCUT2D eigenvalue weighted by Crippen LogP contribution is 2.23. The van der Waals surface area contributed by atoms with E-state index in [4.69, 9.17) is 0 Å². The second kappa shape index (κ2) is 10.2. The summed E-state index contributed by atoms with van der Waals surface area (Å²) in [6.45, 7) is 5.05. The van der Waals surface area contributed by atoms with Crippen molar-refractivity contribution < 1.29 is 18.0 Å². The lowest BCUT2D eigenvalue weighted by Crippen LogP contribution is -2.41. The number of nitrogens with zero attached hydrogens (tertiary/aromatic N) is 2. The van der Waals surface area contributed by atoms with Crippen molar-refractivity contribution in [1.82, 2.24) is 5.32 Å². The SMILES string of the molecule is CC(=O)c1cccc(N(CC(=O)NC(C)c2ccc(N3CCCCC3)cc2)S(C)(=O)=O)c1. The Morgan fingerprint density at radius 1 is 1.06 bits per heavy atom. The maximum atomic E-state index is 12.7. The highest BCUT2D eigenvalue weighted by molar-refractivity contribution is 7.92. The summed E-state index contributed by atoms with van der Waals surface area (Å²) >= 11 is 0. The van der Waals surface area contributed by atoms with Crippen molar-refractivity contribution >= 4 is 33.1 Å². The molecule has 3 rings (SSSR count). The van der Waals surface area contributed by atoms with Gasteiger partial charge in [-0.1, -0.05) is 24.3 Å². The van der Waals surface area contributed by atoms with Crippen LogP contribution in [-0.4, -0.2) is 46.0 Å². The highest BCUT2D eigenvalue weighted by atomic mass is 32.2. The summed E-state index contributed by atoms with van der Waals surface area (Å²) in [6, 6.07) is 14.1. The van der Waals surface area contributed by atoms with E-state index < -0.39 is 15.9 Å². The van der Waals surface area contributed by atoms with Gasteiger partial charge in [-0.25, -0.2) is 8.42 Å². The van der Waals surface area contributed by atoms with Crippen LogP contribution in [0.15, 0.2) is 48.5 Å². The Labute approximate surface area is 190 Å². The Hall–Kier alpha value is -2.87. The van der Waals surface area contributed by atoms with Gasteiger partial charge in [0.05, 0.1) is 18.0 Å². The van der Waals surface area contributed by atoms with Gasteiger partial charge in [-0.05, 0) is 62.9 Å². The monoisotopic (exact) mass is 457 g/mol. The third kappa shape index (κ3) is 6.09. The maximum absolute atomic E-state index is 12.7. The molecular weight excluding hydrogens is 426 g/mol. The van der Waals surface area contributed by atoms with Crippen molar-refractivity contribution in [3.63, 3.8) is 0 Å². The number of nitrogens with one attached hydrogen (secondary N) is 1. The van der Waals surface area contributed by atoms with Gasteiger partial charge >= 0.3 is 0 Å². The quantitative estimate of drug-likeness (QED) is 0.613. The molecule has 32 heavy (non-hydrogen) atoms. The van der Waals surface area contributed by atoms with E-state index in [1.165, 1.54) is 37.9 Å². The molecular formula is C24H31N3O4S. The van der Waals surface area contributed by atoms with Gasteiger partial charge in [-0.3, -0.25) is 13.9 Å². The Kier molecular flexibility index (Phi) is 7.56. The zero-order valence-electron chi connectivity index (χ0n) is 18.9. The van der Waals surface area contributed by atoms with Gasteiger partial charge in [0.2, 0.25) is 15.9 Å². The van der Waals surface area contributed by atoms with Crippen LogP contribution in [0.3, 0.4) is 0 Å². The molecule has 1 unspecified atom stereocenters. The first-order valence-electron chi connectivity index (χ1n) is 10.9. The third-order valence-corrected chi connectivity index (χ3v) is 6.86. The molecule has 2 aromatic rings. The van der Waals surface area contributed by atoms with E-state index in [9.17, 15) is 18.0 Å². The number of amides is 1. The third-order valence-electron chi connectivity index (χ3n) is 5.72. The number of rotatable bonds is 8. The van der Waals surface area contributed by atoms with Crippen molar-refractivity contribution in [1.29, 1.82) is 0 Å². The molecule has 0 aromatic heterocycles. The van der Waals surface area contributed by atoms with Crippen molar-refractivity contribution in [2.75, 3.05) is 35.1 Å². The highest BCUT2D eigenvalue weighted by Gasteiger charge is 2.22. The second-order valence-corrected chi connectivity index (χ2v) is 10.2. The molecule has 8 heteroatoms. The molecule has 0 bridgehead atoms. The first-order valence-corrected chi connectivity index (χ1v) is 12.7. The first kappa shape index (κ1) is 23.8. The lowest BCUT2D eigenvalue weighted by atomic mass is 10.1. The van der Waals surface area contributed by atoms with Crippen molar-refractivity contribution in [2.24, 2.45) is 0 Å². The smallest absolute Gasteiger partial charge is 0.241 e. The standard InChI is InChI=1S/C24H31N3O4S/c1-18(20-10-12-22(13-11-20)26-14-5-4-6-15-26)25-24(29)17-27(32(3,30)31)23-9-7-8-21(16-23)19(2)28/h7-13,16,18H,4-6,14-15,17H2,1-3H3,(H,25,29). The molecule has 1 fully saturated rings. The van der Waals surface area contributed by atoms with E-state index in [0.717, 1.165) is 29.2 Å². The van der Waals surface area contributed by atoms with Gasteiger partial charge in [0, 0.05) is 24.3 Å². The molecule has 1 amide bonds. The summed E-state index contributed by atoms with van der Waals surface area (Å²) in [5, 5.41) is 2.88. The van der Waals surface area contributed by atoms with Crippen LogP contribution < -0.4 is 14.5 Å². The number of carbonyl (C=O) groups excluding carboxylic acids is 2. The number of benzene rings is 2. The summed E-state index contributed by atoms with van der Waals surface area (Å²) in [4.78, 5) is 26.7. The van der Waals surface area contributed by atoms with Crippen LogP contribution in [0.2, 0.25) is 0 Å². The molecule has 2 aromatic carbocycles. The molecule has 1 atom stereocenters. The fraction of sp³-hybridized carbons (Fsp3) is 0.417. The number of carbonyl (C=O) groups is 2. The molecule has 0 radical (unpaired) electrons. The van der Waals surface area contributed by atoms with E-state index >= 15 is 0 Å². The number of sulfonamides is 1. The average molecular weight is 458 g/mol. The topological polar surface area (TPSA) is 86.8 Å². The van der Waals surface area contributed by atoms with E-state index in [2.05, 4.69) is 22.3 Å². The Bertz CT molecular complexity index is 1060. The second-order valence-electron chi connectivity index (χ2n) is 8.30. The molecule has 0 spiro atoms. The van der Waals surface area contributed by atoms with Crippen LogP contribution in [0.4, 0.5) is 11.4 Å². The van der Waals surface area contributed by atoms with Crippen LogP contribution in [0.1, 0.15) is 55.1 Å². The summed E-state index contributed by atoms with van der Waals surface area (Å²) in [5.74, 6) is -0.595. The van der Waals surface area contributed by atoms with Gasteiger partial charge in [0.15, 0.2) is 5.78 Å². The molecule has 172 valence electrons. The van der Waals surface area contributed by atoms with Crippen molar-refractivity contribution in [2.45, 2.75) is 39.2 Å². The largest absolute Gasteiger partial charge is 0.372 e. The Balaban J connectivity index is 1.68. The average Bonchev–Trinajstić information content (AvgIpc) is 2.77. The molecule has 0 aliphatic carbocycles. The van der Waals surface area contributed by atoms with Crippen molar-refractivity contribution in [3.05, 3.63) is 59.7 Å². The minimum Gasteiger partial charge on any atom is -0.372 e. The number of ketones is 1. The van der Waals surface area contributed by atoms with Gasteiger partial charge < -0.3 is 10.2 Å². The normalized spacial score (nSPS) is 15.2. The number of hydrogen-bond donors (Lipinski definition) is 1. The predicted octanol–water partition coefficient (Wildman–Crippen LogP) is 3.52. The Morgan fingerprint density at radius 2 is 1.72 bits per heavy atom. The first-order chi connectivity index (χ1) is 15.1. The summed E-state index contributed by atoms with van der Waals surface area (Å²) in [7, 11) is -3.72. The minimum atomic E-state index is -3.72. The van der Waals surface area contributed by atoms with Crippen LogP contribution in [0.25, 0.3) is 0 Å². The van der Waals surface area contributed by atoms with Crippen LogP contribution in [-0.2, 0) is 14.8 Å². The molecule has 1 saturated heterocycles.